The number of nitrogens with zero attached hydrogens (tertiary/aromatic N) is 2. The molecule has 3 heterocycles. The zero-order valence-corrected chi connectivity index (χ0v) is 19.4. The van der Waals surface area contributed by atoms with Crippen LogP contribution in [0.1, 0.15) is 18.1 Å². The second-order valence-corrected chi connectivity index (χ2v) is 9.37. The van der Waals surface area contributed by atoms with Crippen LogP contribution in [0.25, 0.3) is 59.9 Å². The van der Waals surface area contributed by atoms with Gasteiger partial charge >= 0.3 is 7.12 Å². The van der Waals surface area contributed by atoms with E-state index in [9.17, 15) is 10.0 Å². The van der Waals surface area contributed by atoms with Gasteiger partial charge in [-0.05, 0) is 47.8 Å². The molecular formula is C28H21BN2O2S. The summed E-state index contributed by atoms with van der Waals surface area (Å²) in [6.45, 7) is 6.07. The van der Waals surface area contributed by atoms with Gasteiger partial charge in [-0.15, -0.1) is 11.3 Å². The summed E-state index contributed by atoms with van der Waals surface area (Å²) < 4.78 is 4.54. The first-order chi connectivity index (χ1) is 16.6. The fourth-order valence-corrected chi connectivity index (χ4v) is 5.92. The Morgan fingerprint density at radius 2 is 1.76 bits per heavy atom. The van der Waals surface area contributed by atoms with Crippen molar-refractivity contribution in [2.75, 3.05) is 0 Å². The molecule has 0 spiro atoms. The van der Waals surface area contributed by atoms with Crippen molar-refractivity contribution in [2.24, 2.45) is 0 Å². The topological polar surface area (TPSA) is 58.3 Å². The maximum atomic E-state index is 9.85. The third-order valence-corrected chi connectivity index (χ3v) is 7.48. The Bertz CT molecular complexity index is 1780. The first-order valence-corrected chi connectivity index (χ1v) is 11.9. The molecule has 3 aromatic heterocycles. The van der Waals surface area contributed by atoms with Crippen LogP contribution in [0, 0.1) is 0 Å². The molecule has 0 radical (unpaired) electrons. The molecule has 3 aromatic carbocycles. The first-order valence-electron chi connectivity index (χ1n) is 11.1. The number of aromatic nitrogens is 2. The monoisotopic (exact) mass is 460 g/mol. The molecule has 0 unspecified atom stereocenters. The molecule has 4 nitrogen and oxygen atoms in total. The van der Waals surface area contributed by atoms with Gasteiger partial charge in [0.2, 0.25) is 0 Å². The van der Waals surface area contributed by atoms with Gasteiger partial charge in [-0.1, -0.05) is 61.2 Å². The molecule has 0 saturated carbocycles. The number of allylic oxidation sites excluding steroid dienone is 1. The SMILES string of the molecule is C=Cc1c(/C=C\C)ccc2c1c1cc(B(O)O)ccc1n2-c1cc2c(cn1)sc1ccccc12. The second-order valence-electron chi connectivity index (χ2n) is 8.29. The van der Waals surface area contributed by atoms with Crippen LogP contribution < -0.4 is 5.46 Å². The lowest BCUT2D eigenvalue weighted by Crippen LogP contribution is -2.29. The summed E-state index contributed by atoms with van der Waals surface area (Å²) in [6.07, 6.45) is 7.88. The van der Waals surface area contributed by atoms with Gasteiger partial charge in [-0.2, -0.15) is 0 Å². The summed E-state index contributed by atoms with van der Waals surface area (Å²) in [4.78, 5) is 4.85. The number of thiophene rings is 1. The Morgan fingerprint density at radius 3 is 2.56 bits per heavy atom. The lowest BCUT2D eigenvalue weighted by atomic mass is 9.79. The van der Waals surface area contributed by atoms with Crippen LogP contribution in [-0.4, -0.2) is 26.7 Å². The lowest BCUT2D eigenvalue weighted by molar-refractivity contribution is 0.426. The van der Waals surface area contributed by atoms with Crippen molar-refractivity contribution in [3.8, 4) is 5.82 Å². The van der Waals surface area contributed by atoms with Crippen molar-refractivity contribution in [3.05, 3.63) is 90.6 Å². The number of hydrogen-bond donors (Lipinski definition) is 2. The number of fused-ring (bicyclic) bond motifs is 6. The van der Waals surface area contributed by atoms with Gasteiger partial charge in [-0.25, -0.2) is 4.98 Å². The van der Waals surface area contributed by atoms with Gasteiger partial charge in [0, 0.05) is 32.4 Å². The van der Waals surface area contributed by atoms with Crippen molar-refractivity contribution in [2.45, 2.75) is 6.92 Å². The number of hydrogen-bond acceptors (Lipinski definition) is 4. The van der Waals surface area contributed by atoms with E-state index in [0.717, 1.165) is 43.5 Å². The fourth-order valence-electron chi connectivity index (χ4n) is 4.87. The standard InChI is InChI=1S/C28H21BN2O2S/c1-3-7-17-10-12-24-28(19(17)4-2)22-14-18(29(32)33)11-13-23(22)31(24)27-15-21-20-8-5-6-9-25(20)34-26(21)16-30-27/h3-16,32-33H,2H2,1H3/b7-3-. The van der Waals surface area contributed by atoms with Crippen molar-refractivity contribution in [3.63, 3.8) is 0 Å². The maximum absolute atomic E-state index is 9.85. The van der Waals surface area contributed by atoms with E-state index in [-0.39, 0.29) is 0 Å². The third-order valence-electron chi connectivity index (χ3n) is 6.36. The molecule has 0 aliphatic rings. The van der Waals surface area contributed by atoms with E-state index in [1.54, 1.807) is 17.4 Å². The van der Waals surface area contributed by atoms with Gasteiger partial charge in [-0.3, -0.25) is 4.57 Å². The normalized spacial score (nSPS) is 12.0. The summed E-state index contributed by atoms with van der Waals surface area (Å²) >= 11 is 1.75. The average molecular weight is 460 g/mol. The predicted octanol–water partition coefficient (Wildman–Crippen LogP) is 5.90. The Kier molecular flexibility index (Phi) is 4.88. The molecule has 6 rings (SSSR count). The quantitative estimate of drug-likeness (QED) is 0.322. The largest absolute Gasteiger partial charge is 0.488 e. The minimum Gasteiger partial charge on any atom is -0.423 e. The van der Waals surface area contributed by atoms with Crippen LogP contribution in [0.4, 0.5) is 0 Å². The molecule has 0 fully saturated rings. The molecule has 2 N–H and O–H groups in total. The van der Waals surface area contributed by atoms with E-state index in [2.05, 4.69) is 59.7 Å². The maximum Gasteiger partial charge on any atom is 0.488 e. The summed E-state index contributed by atoms with van der Waals surface area (Å²) in [5, 5.41) is 24.0. The van der Waals surface area contributed by atoms with Crippen molar-refractivity contribution in [1.29, 1.82) is 0 Å². The highest BCUT2D eigenvalue weighted by molar-refractivity contribution is 7.25. The highest BCUT2D eigenvalue weighted by atomic mass is 32.1. The smallest absolute Gasteiger partial charge is 0.423 e. The van der Waals surface area contributed by atoms with Crippen molar-refractivity contribution in [1.82, 2.24) is 9.55 Å². The van der Waals surface area contributed by atoms with Gasteiger partial charge in [0.15, 0.2) is 0 Å². The number of rotatable bonds is 4. The lowest BCUT2D eigenvalue weighted by Gasteiger charge is -2.09. The molecule has 0 aliphatic carbocycles. The van der Waals surface area contributed by atoms with Crippen LogP contribution in [0.5, 0.6) is 0 Å². The molecule has 164 valence electrons. The molecule has 0 atom stereocenters. The summed E-state index contributed by atoms with van der Waals surface area (Å²) in [5.74, 6) is 0.821. The van der Waals surface area contributed by atoms with Gasteiger partial charge in [0.25, 0.3) is 0 Å². The average Bonchev–Trinajstić information content (AvgIpc) is 3.39. The molecule has 0 amide bonds. The molecule has 6 heteroatoms. The minimum atomic E-state index is -1.54. The highest BCUT2D eigenvalue weighted by Gasteiger charge is 2.20. The highest BCUT2D eigenvalue weighted by Crippen LogP contribution is 2.38. The molecule has 0 bridgehead atoms. The minimum absolute atomic E-state index is 0.449. The van der Waals surface area contributed by atoms with E-state index in [4.69, 9.17) is 4.98 Å². The zero-order valence-electron chi connectivity index (χ0n) is 18.6. The van der Waals surface area contributed by atoms with Crippen molar-refractivity contribution >= 4 is 78.0 Å². The Morgan fingerprint density at radius 1 is 0.941 bits per heavy atom. The van der Waals surface area contributed by atoms with Crippen molar-refractivity contribution < 1.29 is 10.0 Å². The van der Waals surface area contributed by atoms with E-state index in [1.807, 2.05) is 37.4 Å². The molecule has 6 aromatic rings. The van der Waals surface area contributed by atoms with Gasteiger partial charge in [0.1, 0.15) is 5.82 Å². The zero-order chi connectivity index (χ0) is 23.4. The fraction of sp³-hybridized carbons (Fsp3) is 0.0357. The predicted molar refractivity (Wildman–Crippen MR) is 146 cm³/mol. The number of benzene rings is 3. The van der Waals surface area contributed by atoms with E-state index >= 15 is 0 Å². The molecule has 0 aliphatic heterocycles. The Balaban J connectivity index is 1.75. The van der Waals surface area contributed by atoms with Crippen LogP contribution in [0.2, 0.25) is 0 Å². The molecule has 0 saturated heterocycles. The summed E-state index contributed by atoms with van der Waals surface area (Å²) in [5.41, 5.74) is 4.46. The van der Waals surface area contributed by atoms with Crippen LogP contribution in [0.15, 0.2) is 79.5 Å². The number of pyridine rings is 1. The third kappa shape index (κ3) is 3.04. The van der Waals surface area contributed by atoms with Crippen LogP contribution in [0.3, 0.4) is 0 Å². The van der Waals surface area contributed by atoms with Crippen LogP contribution in [-0.2, 0) is 0 Å². The van der Waals surface area contributed by atoms with E-state index in [0.29, 0.717) is 5.46 Å². The van der Waals surface area contributed by atoms with E-state index < -0.39 is 7.12 Å². The van der Waals surface area contributed by atoms with Gasteiger partial charge in [0.05, 0.1) is 15.7 Å². The summed E-state index contributed by atoms with van der Waals surface area (Å²) in [7, 11) is -1.54. The van der Waals surface area contributed by atoms with Crippen LogP contribution >= 0.6 is 11.3 Å². The summed E-state index contributed by atoms with van der Waals surface area (Å²) in [6, 6.07) is 20.3. The van der Waals surface area contributed by atoms with Gasteiger partial charge < -0.3 is 10.0 Å². The molecular weight excluding hydrogens is 439 g/mol. The Hall–Kier alpha value is -3.71. The second kappa shape index (κ2) is 7.96. The molecule has 34 heavy (non-hydrogen) atoms. The Labute approximate surface area is 200 Å². The first kappa shape index (κ1) is 20.9. The van der Waals surface area contributed by atoms with E-state index in [1.165, 1.54) is 15.5 Å².